The monoisotopic (exact) mass is 274 g/mol. The van der Waals surface area contributed by atoms with E-state index in [4.69, 9.17) is 16.9 Å². The van der Waals surface area contributed by atoms with Gasteiger partial charge in [-0.1, -0.05) is 12.8 Å². The lowest BCUT2D eigenvalue weighted by Gasteiger charge is -2.28. The number of ether oxygens (including phenoxy) is 1. The van der Waals surface area contributed by atoms with E-state index >= 15 is 0 Å². The maximum Gasteiger partial charge on any atom is 0.153 e. The summed E-state index contributed by atoms with van der Waals surface area (Å²) in [6.45, 7) is 2.55. The van der Waals surface area contributed by atoms with E-state index in [1.165, 1.54) is 6.33 Å². The van der Waals surface area contributed by atoms with Crippen molar-refractivity contribution in [3.05, 3.63) is 18.6 Å². The number of nitrogens with two attached hydrogens (primary N) is 1. The van der Waals surface area contributed by atoms with E-state index < -0.39 is 5.54 Å². The predicted octanol–water partition coefficient (Wildman–Crippen LogP) is 0.761. The maximum atomic E-state index is 9.76. The molecule has 0 radical (unpaired) electrons. The van der Waals surface area contributed by atoms with Gasteiger partial charge in [-0.2, -0.15) is 0 Å². The van der Waals surface area contributed by atoms with E-state index in [0.717, 1.165) is 6.42 Å². The molecular weight excluding hydrogens is 256 g/mol. The summed E-state index contributed by atoms with van der Waals surface area (Å²) < 4.78 is 7.25. The summed E-state index contributed by atoms with van der Waals surface area (Å²) in [7, 11) is 0. The molecule has 20 heavy (non-hydrogen) atoms. The molecule has 106 valence electrons. The third-order valence-electron chi connectivity index (χ3n) is 3.19. The molecule has 0 spiro atoms. The Hall–Kier alpha value is -2.10. The van der Waals surface area contributed by atoms with Gasteiger partial charge in [0, 0.05) is 12.8 Å². The number of nitrogens with zero attached hydrogens (tertiary/aromatic N) is 3. The van der Waals surface area contributed by atoms with E-state index in [-0.39, 0.29) is 13.2 Å². The molecule has 2 rings (SSSR count). The highest BCUT2D eigenvalue weighted by Gasteiger charge is 2.31. The maximum absolute atomic E-state index is 9.76. The van der Waals surface area contributed by atoms with Crippen LogP contribution in [-0.4, -0.2) is 39.5 Å². The van der Waals surface area contributed by atoms with Crippen molar-refractivity contribution in [2.75, 3.05) is 25.6 Å². The first-order chi connectivity index (χ1) is 9.68. The average Bonchev–Trinajstić information content (AvgIpc) is 2.90. The minimum absolute atomic E-state index is 0.210. The first kappa shape index (κ1) is 14.3. The number of hydrogen-bond acceptors (Lipinski definition) is 5. The molecule has 1 unspecified atom stereocenters. The number of terminal acetylenes is 1. The smallest absolute Gasteiger partial charge is 0.153 e. The highest BCUT2D eigenvalue weighted by molar-refractivity contribution is 5.86. The van der Waals surface area contributed by atoms with Crippen LogP contribution in [0.15, 0.2) is 18.6 Å². The Morgan fingerprint density at radius 2 is 2.35 bits per heavy atom. The van der Waals surface area contributed by atoms with Crippen molar-refractivity contribution in [1.29, 1.82) is 0 Å². The fourth-order valence-electron chi connectivity index (χ4n) is 2.05. The molecule has 0 saturated heterocycles. The zero-order valence-electron chi connectivity index (χ0n) is 11.4. The van der Waals surface area contributed by atoms with Crippen LogP contribution < -0.4 is 5.73 Å². The van der Waals surface area contributed by atoms with Gasteiger partial charge in [0.15, 0.2) is 5.54 Å². The lowest BCUT2D eigenvalue weighted by Crippen LogP contribution is -2.40. The number of anilines is 1. The number of aliphatic hydroxyl groups excluding tert-OH is 1. The van der Waals surface area contributed by atoms with Crippen molar-refractivity contribution in [1.82, 2.24) is 14.5 Å². The van der Waals surface area contributed by atoms with Crippen LogP contribution in [0.5, 0.6) is 0 Å². The van der Waals surface area contributed by atoms with Gasteiger partial charge in [-0.05, 0) is 12.5 Å². The Bertz CT molecular complexity index is 632. The summed E-state index contributed by atoms with van der Waals surface area (Å²) in [5, 5.41) is 10.5. The Balaban J connectivity index is 2.47. The average molecular weight is 274 g/mol. The first-order valence-corrected chi connectivity index (χ1v) is 6.43. The van der Waals surface area contributed by atoms with Crippen LogP contribution in [0.2, 0.25) is 0 Å². The zero-order chi connectivity index (χ0) is 14.6. The van der Waals surface area contributed by atoms with Crippen LogP contribution >= 0.6 is 0 Å². The van der Waals surface area contributed by atoms with E-state index in [1.807, 2.05) is 6.92 Å². The summed E-state index contributed by atoms with van der Waals surface area (Å²) in [5.74, 6) is 3.01. The van der Waals surface area contributed by atoms with Crippen LogP contribution in [-0.2, 0) is 10.3 Å². The second-order valence-corrected chi connectivity index (χ2v) is 4.57. The summed E-state index contributed by atoms with van der Waals surface area (Å²) in [5.41, 5.74) is 5.41. The molecule has 0 saturated carbocycles. The summed E-state index contributed by atoms with van der Waals surface area (Å²) >= 11 is 0. The van der Waals surface area contributed by atoms with Crippen molar-refractivity contribution >= 4 is 16.9 Å². The number of aromatic nitrogens is 3. The summed E-state index contributed by atoms with van der Waals surface area (Å²) in [6, 6.07) is 1.78. The molecule has 6 heteroatoms. The van der Waals surface area contributed by atoms with Crippen LogP contribution in [0, 0.1) is 12.3 Å². The fraction of sp³-hybridized carbons (Fsp3) is 0.429. The SMILES string of the molecule is C#CC(CO)(COCCC)n1ccc2c(N)ncnc21. The fourth-order valence-corrected chi connectivity index (χ4v) is 2.05. The van der Waals surface area contributed by atoms with Gasteiger partial charge in [-0.15, -0.1) is 6.42 Å². The van der Waals surface area contributed by atoms with Crippen LogP contribution in [0.25, 0.3) is 11.0 Å². The largest absolute Gasteiger partial charge is 0.393 e. The van der Waals surface area contributed by atoms with Crippen molar-refractivity contribution < 1.29 is 9.84 Å². The van der Waals surface area contributed by atoms with Crippen molar-refractivity contribution in [2.45, 2.75) is 18.9 Å². The Labute approximate surface area is 117 Å². The standard InChI is InChI=1S/C14H18N4O2/c1-3-7-20-9-14(4-2,8-19)18-6-5-11-12(15)16-10-17-13(11)18/h2,5-6,10,19H,3,7-9H2,1H3,(H2,15,16,17). The molecule has 0 aliphatic rings. The van der Waals surface area contributed by atoms with E-state index in [2.05, 4.69) is 15.9 Å². The van der Waals surface area contributed by atoms with Gasteiger partial charge in [0.25, 0.3) is 0 Å². The van der Waals surface area contributed by atoms with Crippen molar-refractivity contribution in [2.24, 2.45) is 0 Å². The minimum atomic E-state index is -0.988. The van der Waals surface area contributed by atoms with E-state index in [1.54, 1.807) is 16.8 Å². The zero-order valence-corrected chi connectivity index (χ0v) is 11.4. The highest BCUT2D eigenvalue weighted by atomic mass is 16.5. The molecule has 1 atom stereocenters. The number of hydrogen-bond donors (Lipinski definition) is 2. The first-order valence-electron chi connectivity index (χ1n) is 6.43. The lowest BCUT2D eigenvalue weighted by atomic mass is 10.0. The Morgan fingerprint density at radius 3 is 3.00 bits per heavy atom. The summed E-state index contributed by atoms with van der Waals surface area (Å²) in [6.07, 6.45) is 9.64. The molecule has 2 heterocycles. The Kier molecular flexibility index (Phi) is 4.23. The van der Waals surface area contributed by atoms with Gasteiger partial charge in [0.1, 0.15) is 17.8 Å². The molecule has 0 aliphatic carbocycles. The lowest BCUT2D eigenvalue weighted by molar-refractivity contribution is 0.0472. The van der Waals surface area contributed by atoms with Crippen LogP contribution in [0.4, 0.5) is 5.82 Å². The van der Waals surface area contributed by atoms with Gasteiger partial charge < -0.3 is 20.1 Å². The van der Waals surface area contributed by atoms with Crippen molar-refractivity contribution in [3.8, 4) is 12.3 Å². The molecule has 3 N–H and O–H groups in total. The molecule has 0 amide bonds. The third-order valence-corrected chi connectivity index (χ3v) is 3.19. The van der Waals surface area contributed by atoms with Gasteiger partial charge >= 0.3 is 0 Å². The second-order valence-electron chi connectivity index (χ2n) is 4.57. The highest BCUT2D eigenvalue weighted by Crippen LogP contribution is 2.25. The summed E-state index contributed by atoms with van der Waals surface area (Å²) in [4.78, 5) is 8.14. The van der Waals surface area contributed by atoms with Crippen LogP contribution in [0.3, 0.4) is 0 Å². The number of fused-ring (bicyclic) bond motifs is 1. The van der Waals surface area contributed by atoms with Gasteiger partial charge in [0.05, 0.1) is 18.6 Å². The minimum Gasteiger partial charge on any atom is -0.393 e. The second kappa shape index (κ2) is 5.90. The van der Waals surface area contributed by atoms with Crippen molar-refractivity contribution in [3.63, 3.8) is 0 Å². The molecule has 6 nitrogen and oxygen atoms in total. The number of aliphatic hydroxyl groups is 1. The third kappa shape index (κ3) is 2.33. The molecular formula is C14H18N4O2. The predicted molar refractivity (Wildman–Crippen MR) is 76.9 cm³/mol. The molecule has 2 aromatic heterocycles. The van der Waals surface area contributed by atoms with E-state index in [0.29, 0.717) is 23.5 Å². The molecule has 2 aromatic rings. The molecule has 0 aromatic carbocycles. The normalized spacial score (nSPS) is 14.1. The molecule has 0 aliphatic heterocycles. The van der Waals surface area contributed by atoms with Gasteiger partial charge in [0.2, 0.25) is 0 Å². The quantitative estimate of drug-likeness (QED) is 0.600. The number of rotatable bonds is 6. The van der Waals surface area contributed by atoms with E-state index in [9.17, 15) is 5.11 Å². The Morgan fingerprint density at radius 1 is 1.55 bits per heavy atom. The number of nitrogen functional groups attached to an aromatic ring is 1. The van der Waals surface area contributed by atoms with Gasteiger partial charge in [-0.25, -0.2) is 9.97 Å². The van der Waals surface area contributed by atoms with Crippen LogP contribution in [0.1, 0.15) is 13.3 Å². The topological polar surface area (TPSA) is 86.2 Å². The van der Waals surface area contributed by atoms with Gasteiger partial charge in [-0.3, -0.25) is 0 Å². The molecule has 0 fully saturated rings. The molecule has 0 bridgehead atoms.